The minimum atomic E-state index is -1.01. The highest BCUT2D eigenvalue weighted by Gasteiger charge is 2.34. The molecule has 0 bridgehead atoms. The molecule has 0 aliphatic heterocycles. The summed E-state index contributed by atoms with van der Waals surface area (Å²) in [5.41, 5.74) is 0.949. The van der Waals surface area contributed by atoms with Crippen molar-refractivity contribution in [1.82, 2.24) is 5.32 Å². The second kappa shape index (κ2) is 6.24. The molecular weight excluding hydrogens is 258 g/mol. The first-order valence-corrected chi connectivity index (χ1v) is 6.74. The van der Waals surface area contributed by atoms with Crippen LogP contribution < -0.4 is 10.1 Å². The van der Waals surface area contributed by atoms with E-state index < -0.39 is 5.60 Å². The molecule has 1 unspecified atom stereocenters. The van der Waals surface area contributed by atoms with Gasteiger partial charge in [0.25, 0.3) is 0 Å². The number of hydrogen-bond donors (Lipinski definition) is 2. The zero-order valence-electron chi connectivity index (χ0n) is 11.9. The number of hydrogen-bond acceptors (Lipinski definition) is 4. The summed E-state index contributed by atoms with van der Waals surface area (Å²) in [4.78, 5) is 11.5. The van der Waals surface area contributed by atoms with Crippen LogP contribution in [0.15, 0.2) is 18.2 Å². The van der Waals surface area contributed by atoms with Crippen molar-refractivity contribution in [1.29, 1.82) is 0 Å². The molecule has 110 valence electrons. The van der Waals surface area contributed by atoms with Crippen LogP contribution in [-0.2, 0) is 21.6 Å². The quantitative estimate of drug-likeness (QED) is 0.843. The summed E-state index contributed by atoms with van der Waals surface area (Å²) < 4.78 is 9.98. The highest BCUT2D eigenvalue weighted by Crippen LogP contribution is 2.36. The van der Waals surface area contributed by atoms with Crippen LogP contribution in [0.25, 0.3) is 0 Å². The summed E-state index contributed by atoms with van der Waals surface area (Å²) in [6, 6.07) is 5.68. The number of nitrogens with one attached hydrogen (secondary N) is 1. The SMILES string of the molecule is COCC(=O)NCC1(O)CCCc2cc(OC)ccc21. The molecule has 1 aromatic rings. The normalized spacial score (nSPS) is 21.1. The summed E-state index contributed by atoms with van der Waals surface area (Å²) >= 11 is 0. The first kappa shape index (κ1) is 14.8. The smallest absolute Gasteiger partial charge is 0.246 e. The van der Waals surface area contributed by atoms with Crippen molar-refractivity contribution < 1.29 is 19.4 Å². The lowest BCUT2D eigenvalue weighted by Crippen LogP contribution is -2.43. The Labute approximate surface area is 118 Å². The maximum absolute atomic E-state index is 11.5. The van der Waals surface area contributed by atoms with E-state index in [1.54, 1.807) is 7.11 Å². The van der Waals surface area contributed by atoms with E-state index in [1.165, 1.54) is 7.11 Å². The molecule has 20 heavy (non-hydrogen) atoms. The highest BCUT2D eigenvalue weighted by molar-refractivity contribution is 5.77. The van der Waals surface area contributed by atoms with Gasteiger partial charge in [-0.1, -0.05) is 6.07 Å². The fraction of sp³-hybridized carbons (Fsp3) is 0.533. The number of benzene rings is 1. The third kappa shape index (κ3) is 3.11. The van der Waals surface area contributed by atoms with Gasteiger partial charge in [0.15, 0.2) is 0 Å². The van der Waals surface area contributed by atoms with Gasteiger partial charge in [-0.15, -0.1) is 0 Å². The van der Waals surface area contributed by atoms with E-state index in [0.717, 1.165) is 29.7 Å². The summed E-state index contributed by atoms with van der Waals surface area (Å²) in [5, 5.41) is 13.5. The molecule has 1 aromatic carbocycles. The van der Waals surface area contributed by atoms with Gasteiger partial charge in [0.1, 0.15) is 18.0 Å². The van der Waals surface area contributed by atoms with Crippen LogP contribution >= 0.6 is 0 Å². The standard InChI is InChI=1S/C15H21NO4/c1-19-9-14(17)16-10-15(18)7-3-4-11-8-12(20-2)5-6-13(11)15/h5-6,8,18H,3-4,7,9-10H2,1-2H3,(H,16,17). The van der Waals surface area contributed by atoms with E-state index in [-0.39, 0.29) is 19.1 Å². The van der Waals surface area contributed by atoms with Crippen molar-refractivity contribution in [3.8, 4) is 5.75 Å². The molecule has 1 amide bonds. The summed E-state index contributed by atoms with van der Waals surface area (Å²) in [6.07, 6.45) is 2.44. The Morgan fingerprint density at radius 1 is 1.45 bits per heavy atom. The molecule has 0 radical (unpaired) electrons. The Hall–Kier alpha value is -1.59. The molecule has 1 aliphatic carbocycles. The zero-order chi connectivity index (χ0) is 14.6. The molecule has 0 aromatic heterocycles. The van der Waals surface area contributed by atoms with Crippen molar-refractivity contribution in [2.75, 3.05) is 27.4 Å². The lowest BCUT2D eigenvalue weighted by atomic mass is 9.79. The Kier molecular flexibility index (Phi) is 4.62. The van der Waals surface area contributed by atoms with Crippen molar-refractivity contribution in [2.45, 2.75) is 24.9 Å². The van der Waals surface area contributed by atoms with Crippen LogP contribution in [0.5, 0.6) is 5.75 Å². The van der Waals surface area contributed by atoms with Crippen LogP contribution in [0, 0.1) is 0 Å². The fourth-order valence-electron chi connectivity index (χ4n) is 2.67. The van der Waals surface area contributed by atoms with E-state index >= 15 is 0 Å². The largest absolute Gasteiger partial charge is 0.497 e. The van der Waals surface area contributed by atoms with E-state index in [4.69, 9.17) is 9.47 Å². The summed E-state index contributed by atoms with van der Waals surface area (Å²) in [6.45, 7) is 0.208. The van der Waals surface area contributed by atoms with Gasteiger partial charge in [-0.25, -0.2) is 0 Å². The minimum Gasteiger partial charge on any atom is -0.497 e. The second-order valence-electron chi connectivity index (χ2n) is 5.12. The van der Waals surface area contributed by atoms with Crippen LogP contribution in [0.4, 0.5) is 0 Å². The number of aliphatic hydroxyl groups is 1. The Morgan fingerprint density at radius 2 is 2.25 bits per heavy atom. The lowest BCUT2D eigenvalue weighted by Gasteiger charge is -2.34. The van der Waals surface area contributed by atoms with Gasteiger partial charge in [0, 0.05) is 7.11 Å². The van der Waals surface area contributed by atoms with Gasteiger partial charge in [-0.3, -0.25) is 4.79 Å². The van der Waals surface area contributed by atoms with E-state index in [2.05, 4.69) is 5.32 Å². The van der Waals surface area contributed by atoms with Crippen LogP contribution in [-0.4, -0.2) is 38.4 Å². The maximum Gasteiger partial charge on any atom is 0.246 e. The molecule has 0 spiro atoms. The number of aryl methyl sites for hydroxylation is 1. The van der Waals surface area contributed by atoms with Crippen LogP contribution in [0.1, 0.15) is 24.0 Å². The topological polar surface area (TPSA) is 67.8 Å². The average Bonchev–Trinajstić information content (AvgIpc) is 2.45. The Morgan fingerprint density at radius 3 is 2.95 bits per heavy atom. The van der Waals surface area contributed by atoms with Crippen molar-refractivity contribution >= 4 is 5.91 Å². The highest BCUT2D eigenvalue weighted by atomic mass is 16.5. The summed E-state index contributed by atoms with van der Waals surface area (Å²) in [5.74, 6) is 0.568. The number of carbonyl (C=O) groups excluding carboxylic acids is 1. The van der Waals surface area contributed by atoms with Gasteiger partial charge < -0.3 is 19.9 Å². The number of methoxy groups -OCH3 is 2. The fourth-order valence-corrected chi connectivity index (χ4v) is 2.67. The zero-order valence-corrected chi connectivity index (χ0v) is 11.9. The molecule has 5 heteroatoms. The van der Waals surface area contributed by atoms with Gasteiger partial charge in [0.05, 0.1) is 13.7 Å². The predicted octanol–water partition coefficient (Wildman–Crippen LogP) is 0.982. The third-order valence-corrected chi connectivity index (χ3v) is 3.70. The van der Waals surface area contributed by atoms with Crippen LogP contribution in [0.2, 0.25) is 0 Å². The summed E-state index contributed by atoms with van der Waals surface area (Å²) in [7, 11) is 3.10. The molecule has 2 N–H and O–H groups in total. The Balaban J connectivity index is 2.15. The van der Waals surface area contributed by atoms with E-state index in [9.17, 15) is 9.90 Å². The molecule has 0 fully saturated rings. The minimum absolute atomic E-state index is 0.00551. The first-order valence-electron chi connectivity index (χ1n) is 6.74. The van der Waals surface area contributed by atoms with Crippen molar-refractivity contribution in [3.05, 3.63) is 29.3 Å². The average molecular weight is 279 g/mol. The molecule has 1 atom stereocenters. The Bertz CT molecular complexity index is 489. The van der Waals surface area contributed by atoms with Gasteiger partial charge in [-0.2, -0.15) is 0 Å². The second-order valence-corrected chi connectivity index (χ2v) is 5.12. The number of carbonyl (C=O) groups is 1. The van der Waals surface area contributed by atoms with Gasteiger partial charge >= 0.3 is 0 Å². The molecule has 0 heterocycles. The third-order valence-electron chi connectivity index (χ3n) is 3.70. The van der Waals surface area contributed by atoms with Gasteiger partial charge in [-0.05, 0) is 42.5 Å². The van der Waals surface area contributed by atoms with Gasteiger partial charge in [0.2, 0.25) is 5.91 Å². The van der Waals surface area contributed by atoms with E-state index in [0.29, 0.717) is 6.42 Å². The maximum atomic E-state index is 11.5. The number of amides is 1. The molecular formula is C15H21NO4. The lowest BCUT2D eigenvalue weighted by molar-refractivity contribution is -0.126. The molecule has 5 nitrogen and oxygen atoms in total. The number of fused-ring (bicyclic) bond motifs is 1. The van der Waals surface area contributed by atoms with Crippen molar-refractivity contribution in [2.24, 2.45) is 0 Å². The molecule has 2 rings (SSSR count). The molecule has 0 saturated heterocycles. The molecule has 1 aliphatic rings. The van der Waals surface area contributed by atoms with E-state index in [1.807, 2.05) is 18.2 Å². The first-order chi connectivity index (χ1) is 9.59. The number of ether oxygens (including phenoxy) is 2. The van der Waals surface area contributed by atoms with Crippen LogP contribution in [0.3, 0.4) is 0 Å². The number of rotatable bonds is 5. The van der Waals surface area contributed by atoms with Crippen molar-refractivity contribution in [3.63, 3.8) is 0 Å². The molecule has 0 saturated carbocycles. The monoisotopic (exact) mass is 279 g/mol. The predicted molar refractivity (Wildman–Crippen MR) is 74.7 cm³/mol.